The Bertz CT molecular complexity index is 3690. The van der Waals surface area contributed by atoms with E-state index in [1.807, 2.05) is 18.2 Å². The van der Waals surface area contributed by atoms with Gasteiger partial charge in [-0.2, -0.15) is 12.6 Å². The number of benzene rings is 1. The van der Waals surface area contributed by atoms with Crippen molar-refractivity contribution < 1.29 is 57.5 Å². The molecule has 36 N–H and O–H groups in total. The van der Waals surface area contributed by atoms with E-state index < -0.39 is 162 Å². The highest BCUT2D eigenvalue weighted by Crippen LogP contribution is 2.26. The molecule has 41 heteroatoms. The van der Waals surface area contributed by atoms with Crippen molar-refractivity contribution in [2.24, 2.45) is 162 Å². The second-order valence-electron chi connectivity index (χ2n) is 28.9. The summed E-state index contributed by atoms with van der Waals surface area (Å²) in [6, 6.07) is 1.85. The molecular formula is C72H124N28O12S. The lowest BCUT2D eigenvalue weighted by Gasteiger charge is -2.27. The fourth-order valence-corrected chi connectivity index (χ4v) is 12.4. The topological polar surface area (TPSA) is 758 Å². The van der Waals surface area contributed by atoms with E-state index in [4.69, 9.17) is 86.0 Å². The van der Waals surface area contributed by atoms with Gasteiger partial charge in [0.05, 0.1) is 36.6 Å². The lowest BCUT2D eigenvalue weighted by atomic mass is 9.85. The first kappa shape index (κ1) is 97.9. The predicted molar refractivity (Wildman–Crippen MR) is 439 cm³/mol. The molecule has 0 spiro atoms. The number of nitrogens with one attached hydrogen (secondary N) is 6. The molecule has 6 amide bonds. The number of hydrogen-bond donors (Lipinski definition) is 22. The van der Waals surface area contributed by atoms with E-state index in [2.05, 4.69) is 79.1 Å². The standard InChI is InChI=1S/C72H124N28O12S/c1-40(30-58(106)72(2,3)4)60(108)96-38-47(101)31-41(14-7-23-88-65(74)75)61(109)97-50(20-11-27-92-69(82)83)54(102)33-42(15-8-24-89-66(76)77)62(110)98-51(21-12-28-93-70(84)85)55(103)34-43(16-9-25-90-67(78)79)63(111)99-52(22-13-29-94-71(86)87)56(104)35-44(17-10-26-91-68(80)81)64(112)100-53(57(105)36-46(39-113)59(73)107)32-45-37-95-49-19-6-5-18-48(45)49/h5-6,18-19,37,40-44,46,50-53,95,113H,7-17,20-36,38-39H2,1-4H3,(H2,73,107)(H,96,108)(H,97,109)(H,98,110)(H,99,111)(H,100,112)(H4,74,75,88)(H4,76,77,89)(H4,78,79,90)(H4,80,81,91)(H4,82,83,92)(H4,84,85,93)(H4,86,87,94)/t40-,41+,42+,43+,44+,46-,50-,51-,52-,53-/m1/s1. The molecule has 2 rings (SSSR count). The highest BCUT2D eigenvalue weighted by molar-refractivity contribution is 7.80. The molecule has 40 nitrogen and oxygen atoms in total. The Morgan fingerprint density at radius 1 is 0.398 bits per heavy atom. The molecule has 10 atom stereocenters. The van der Waals surface area contributed by atoms with Crippen molar-refractivity contribution in [3.8, 4) is 0 Å². The van der Waals surface area contributed by atoms with Crippen molar-refractivity contribution in [2.45, 2.75) is 187 Å². The number of carbonyl (C=O) groups excluding carboxylic acids is 12. The largest absolute Gasteiger partial charge is 0.370 e. The first-order valence-corrected chi connectivity index (χ1v) is 38.3. The van der Waals surface area contributed by atoms with E-state index in [-0.39, 0.29) is 208 Å². The summed E-state index contributed by atoms with van der Waals surface area (Å²) in [5, 5.41) is 14.6. The monoisotopic (exact) mass is 1600 g/mol. The summed E-state index contributed by atoms with van der Waals surface area (Å²) in [6.07, 6.45) is -0.650. The number of nitrogens with two attached hydrogens (primary N) is 15. The van der Waals surface area contributed by atoms with Gasteiger partial charge in [-0.15, -0.1) is 0 Å². The second-order valence-corrected chi connectivity index (χ2v) is 29.3. The van der Waals surface area contributed by atoms with Crippen molar-refractivity contribution in [3.05, 3.63) is 36.0 Å². The summed E-state index contributed by atoms with van der Waals surface area (Å²) < 4.78 is 0. The van der Waals surface area contributed by atoms with Crippen LogP contribution in [0.5, 0.6) is 0 Å². The maximum Gasteiger partial charge on any atom is 0.224 e. The lowest BCUT2D eigenvalue weighted by Crippen LogP contribution is -2.49. The summed E-state index contributed by atoms with van der Waals surface area (Å²) in [6.45, 7) is 6.22. The lowest BCUT2D eigenvalue weighted by molar-refractivity contribution is -0.136. The number of primary amides is 1. The van der Waals surface area contributed by atoms with Crippen LogP contribution in [0.2, 0.25) is 0 Å². The number of aromatic nitrogens is 1. The van der Waals surface area contributed by atoms with Gasteiger partial charge < -0.3 is 118 Å². The fourth-order valence-electron chi connectivity index (χ4n) is 12.0. The number of thiol groups is 1. The Labute approximate surface area is 664 Å². The number of carbonyl (C=O) groups is 12. The van der Waals surface area contributed by atoms with Crippen LogP contribution in [0.3, 0.4) is 0 Å². The Balaban J connectivity index is 2.79. The molecule has 0 bridgehead atoms. The molecule has 0 aliphatic rings. The van der Waals surface area contributed by atoms with Crippen molar-refractivity contribution in [1.29, 1.82) is 0 Å². The van der Waals surface area contributed by atoms with Crippen LogP contribution < -0.4 is 113 Å². The minimum Gasteiger partial charge on any atom is -0.370 e. The molecule has 0 aliphatic heterocycles. The van der Waals surface area contributed by atoms with Gasteiger partial charge in [0, 0.05) is 149 Å². The Kier molecular flexibility index (Phi) is 45.2. The van der Waals surface area contributed by atoms with E-state index >= 15 is 19.2 Å². The third-order valence-corrected chi connectivity index (χ3v) is 18.8. The van der Waals surface area contributed by atoms with Crippen molar-refractivity contribution in [2.75, 3.05) is 58.1 Å². The average molecular weight is 1610 g/mol. The number of ketones is 6. The number of rotatable bonds is 59. The Hall–Kier alpha value is -11.2. The first-order chi connectivity index (χ1) is 53.2. The van der Waals surface area contributed by atoms with Gasteiger partial charge in [-0.05, 0) is 102 Å². The minimum absolute atomic E-state index is 0.00126. The van der Waals surface area contributed by atoms with Crippen LogP contribution in [0, 0.1) is 40.9 Å². The predicted octanol–water partition coefficient (Wildman–Crippen LogP) is -3.93. The van der Waals surface area contributed by atoms with Crippen LogP contribution in [0.25, 0.3) is 10.9 Å². The van der Waals surface area contributed by atoms with Crippen LogP contribution in [0.4, 0.5) is 0 Å². The Morgan fingerprint density at radius 2 is 0.699 bits per heavy atom. The van der Waals surface area contributed by atoms with Crippen LogP contribution in [0.1, 0.15) is 162 Å². The molecule has 0 saturated carbocycles. The molecule has 0 saturated heterocycles. The number of aliphatic imine (C=N–C) groups is 7. The van der Waals surface area contributed by atoms with Gasteiger partial charge in [0.1, 0.15) is 5.78 Å². The van der Waals surface area contributed by atoms with Gasteiger partial charge in [-0.25, -0.2) is 0 Å². The molecular weight excluding hydrogens is 1480 g/mol. The summed E-state index contributed by atoms with van der Waals surface area (Å²) in [5.41, 5.74) is 85.4. The van der Waals surface area contributed by atoms with Gasteiger partial charge in [0.15, 0.2) is 70.6 Å². The first-order valence-electron chi connectivity index (χ1n) is 37.7. The maximum atomic E-state index is 15.2. The quantitative estimate of drug-likeness (QED) is 0.0130. The van der Waals surface area contributed by atoms with Crippen molar-refractivity contribution in [3.63, 3.8) is 0 Å². The number of guanidine groups is 7. The zero-order valence-corrected chi connectivity index (χ0v) is 66.4. The molecule has 1 aromatic carbocycles. The third kappa shape index (κ3) is 41.1. The number of hydrogen-bond acceptors (Lipinski definition) is 20. The number of para-hydroxylation sites is 1. The van der Waals surface area contributed by atoms with Gasteiger partial charge in [-0.3, -0.25) is 92.5 Å². The normalized spacial score (nSPS) is 13.8. The number of H-pyrrole nitrogens is 1. The van der Waals surface area contributed by atoms with E-state index in [0.717, 1.165) is 10.9 Å². The summed E-state index contributed by atoms with van der Waals surface area (Å²) >= 11 is 4.24. The van der Waals surface area contributed by atoms with Gasteiger partial charge in [0.2, 0.25) is 35.4 Å². The zero-order chi connectivity index (χ0) is 84.9. The molecule has 2 aromatic rings. The molecule has 0 unspecified atom stereocenters. The van der Waals surface area contributed by atoms with Gasteiger partial charge in [-0.1, -0.05) is 45.9 Å². The zero-order valence-electron chi connectivity index (χ0n) is 65.5. The fraction of sp³-hybridized carbons (Fsp3) is 0.625. The van der Waals surface area contributed by atoms with Crippen molar-refractivity contribution >= 4 is 135 Å². The van der Waals surface area contributed by atoms with Crippen LogP contribution >= 0.6 is 12.6 Å². The molecule has 1 aromatic heterocycles. The number of aromatic amines is 1. The highest BCUT2D eigenvalue weighted by Gasteiger charge is 2.37. The van der Waals surface area contributed by atoms with Gasteiger partial charge >= 0.3 is 0 Å². The molecule has 630 valence electrons. The number of fused-ring (bicyclic) bond motifs is 1. The summed E-state index contributed by atoms with van der Waals surface area (Å²) in [4.78, 5) is 202. The van der Waals surface area contributed by atoms with Crippen LogP contribution in [0.15, 0.2) is 65.4 Å². The molecule has 0 fully saturated rings. The minimum atomic E-state index is -1.42. The average Bonchev–Trinajstić information content (AvgIpc) is 1.40. The Morgan fingerprint density at radius 3 is 1.02 bits per heavy atom. The smallest absolute Gasteiger partial charge is 0.224 e. The van der Waals surface area contributed by atoms with E-state index in [1.54, 1.807) is 40.0 Å². The molecule has 1 heterocycles. The van der Waals surface area contributed by atoms with Crippen molar-refractivity contribution in [1.82, 2.24) is 31.6 Å². The third-order valence-electron chi connectivity index (χ3n) is 18.4. The number of nitrogens with zero attached hydrogens (tertiary/aromatic N) is 7. The number of amides is 6. The van der Waals surface area contributed by atoms with Crippen LogP contribution in [-0.2, 0) is 64.0 Å². The van der Waals surface area contributed by atoms with E-state index in [9.17, 15) is 38.4 Å². The number of Topliss-reactive ketones (excluding diaryl/α,β-unsaturated/α-hetero) is 6. The van der Waals surface area contributed by atoms with Crippen LogP contribution in [-0.4, -0.2) is 199 Å². The van der Waals surface area contributed by atoms with E-state index in [0.29, 0.717) is 5.56 Å². The second kappa shape index (κ2) is 52.1. The molecule has 113 heavy (non-hydrogen) atoms. The highest BCUT2D eigenvalue weighted by atomic mass is 32.1. The maximum absolute atomic E-state index is 15.2. The summed E-state index contributed by atoms with van der Waals surface area (Å²) in [5.74, 6) is -16.3. The SMILES string of the molecule is C[C@H](CC(=O)C(C)(C)C)C(=O)NCC(=O)C[C@H](CCCN=C(N)N)C(=O)N[C@H](CCCN=C(N)N)C(=O)C[C@H](CCCN=C(N)N)C(=O)N[C@H](CCCN=C(N)N)C(=O)C[C@H](CCCN=C(N)N)C(=O)N[C@H](CCCN=C(N)N)C(=O)C[C@H](CCCN=C(N)N)C(=O)N[C@H](Cc1c[nH]c2ccccc12)C(=O)C[C@H](CS)C(N)=O. The molecule has 0 radical (unpaired) electrons. The summed E-state index contributed by atoms with van der Waals surface area (Å²) in [7, 11) is 0. The molecule has 0 aliphatic carbocycles. The van der Waals surface area contributed by atoms with E-state index in [1.165, 1.54) is 0 Å². The van der Waals surface area contributed by atoms with Gasteiger partial charge in [0.25, 0.3) is 0 Å².